The normalized spacial score (nSPS) is 25.0. The van der Waals surface area contributed by atoms with Crippen molar-refractivity contribution in [3.63, 3.8) is 0 Å². The number of hydrogen-bond donors (Lipinski definition) is 0. The molecule has 2 atom stereocenters. The second-order valence-corrected chi connectivity index (χ2v) is 9.60. The summed E-state index contributed by atoms with van der Waals surface area (Å²) < 4.78 is 40.0. The first-order chi connectivity index (χ1) is 13.4. The van der Waals surface area contributed by atoms with E-state index in [0.717, 1.165) is 18.6 Å². The molecule has 2 aliphatic rings. The van der Waals surface area contributed by atoms with Crippen molar-refractivity contribution in [1.82, 2.24) is 9.29 Å². The molecule has 28 heavy (non-hydrogen) atoms. The summed E-state index contributed by atoms with van der Waals surface area (Å²) in [6.45, 7) is 3.89. The molecule has 2 unspecified atom stereocenters. The third-order valence-electron chi connectivity index (χ3n) is 5.35. The maximum Gasteiger partial charge on any atom is 0.243 e. The molecular formula is C21H26N2O4S. The van der Waals surface area contributed by atoms with E-state index in [4.69, 9.17) is 9.47 Å². The molecule has 0 aliphatic carbocycles. The number of nitrogens with zero attached hydrogens (tertiary/aromatic N) is 2. The molecule has 3 heterocycles. The van der Waals surface area contributed by atoms with Crippen LogP contribution in [0, 0.1) is 0 Å². The number of ether oxygens (including phenoxy) is 2. The molecule has 1 aromatic carbocycles. The summed E-state index contributed by atoms with van der Waals surface area (Å²) >= 11 is 0. The first-order valence-electron chi connectivity index (χ1n) is 9.80. The van der Waals surface area contributed by atoms with E-state index in [0.29, 0.717) is 23.5 Å². The SMILES string of the molecule is CC(C)Oc1ccc(S(=O)(=O)N2C3CCC2CC(Oc2ccncc2)C3)cc1. The van der Waals surface area contributed by atoms with Crippen molar-refractivity contribution in [3.8, 4) is 11.5 Å². The third-order valence-corrected chi connectivity index (χ3v) is 7.37. The van der Waals surface area contributed by atoms with Crippen molar-refractivity contribution in [1.29, 1.82) is 0 Å². The fraction of sp³-hybridized carbons (Fsp3) is 0.476. The highest BCUT2D eigenvalue weighted by Crippen LogP contribution is 2.41. The highest BCUT2D eigenvalue weighted by atomic mass is 32.2. The number of benzene rings is 1. The monoisotopic (exact) mass is 402 g/mol. The first kappa shape index (κ1) is 19.2. The maximum absolute atomic E-state index is 13.3. The summed E-state index contributed by atoms with van der Waals surface area (Å²) in [4.78, 5) is 4.33. The van der Waals surface area contributed by atoms with Crippen LogP contribution in [0.4, 0.5) is 0 Å². The molecule has 0 amide bonds. The van der Waals surface area contributed by atoms with Crippen molar-refractivity contribution in [2.24, 2.45) is 0 Å². The summed E-state index contributed by atoms with van der Waals surface area (Å²) in [5, 5.41) is 0. The quantitative estimate of drug-likeness (QED) is 0.738. The van der Waals surface area contributed by atoms with Gasteiger partial charge in [0, 0.05) is 37.3 Å². The van der Waals surface area contributed by atoms with Gasteiger partial charge in [-0.1, -0.05) is 0 Å². The summed E-state index contributed by atoms with van der Waals surface area (Å²) in [6, 6.07) is 10.4. The van der Waals surface area contributed by atoms with Crippen LogP contribution in [-0.2, 0) is 10.0 Å². The molecule has 7 heteroatoms. The van der Waals surface area contributed by atoms with Crippen LogP contribution in [0.15, 0.2) is 53.7 Å². The van der Waals surface area contributed by atoms with Crippen LogP contribution in [0.25, 0.3) is 0 Å². The third kappa shape index (κ3) is 3.86. The van der Waals surface area contributed by atoms with E-state index in [1.807, 2.05) is 26.0 Å². The Kier molecular flexibility index (Phi) is 5.29. The van der Waals surface area contributed by atoms with Crippen LogP contribution in [-0.4, -0.2) is 42.0 Å². The molecule has 0 saturated carbocycles. The number of piperidine rings is 1. The van der Waals surface area contributed by atoms with Crippen molar-refractivity contribution < 1.29 is 17.9 Å². The Morgan fingerprint density at radius 2 is 1.57 bits per heavy atom. The van der Waals surface area contributed by atoms with Crippen molar-refractivity contribution in [3.05, 3.63) is 48.8 Å². The summed E-state index contributed by atoms with van der Waals surface area (Å²) in [6.07, 6.45) is 6.69. The van der Waals surface area contributed by atoms with Gasteiger partial charge >= 0.3 is 0 Å². The molecule has 0 N–H and O–H groups in total. The van der Waals surface area contributed by atoms with Crippen LogP contribution < -0.4 is 9.47 Å². The Labute approximate surface area is 166 Å². The molecule has 4 rings (SSSR count). The lowest BCUT2D eigenvalue weighted by atomic mass is 10.0. The largest absolute Gasteiger partial charge is 0.491 e. The Morgan fingerprint density at radius 1 is 0.964 bits per heavy atom. The number of hydrogen-bond acceptors (Lipinski definition) is 5. The van der Waals surface area contributed by atoms with Gasteiger partial charge in [-0.3, -0.25) is 4.98 Å². The zero-order valence-corrected chi connectivity index (χ0v) is 17.0. The first-order valence-corrected chi connectivity index (χ1v) is 11.2. The van der Waals surface area contributed by atoms with E-state index in [9.17, 15) is 8.42 Å². The van der Waals surface area contributed by atoms with Crippen LogP contribution in [0.2, 0.25) is 0 Å². The van der Waals surface area contributed by atoms with Crippen molar-refractivity contribution in [2.75, 3.05) is 0 Å². The zero-order chi connectivity index (χ0) is 19.7. The van der Waals surface area contributed by atoms with Gasteiger partial charge in [0.2, 0.25) is 10.0 Å². The van der Waals surface area contributed by atoms with E-state index in [-0.39, 0.29) is 24.3 Å². The Bertz CT molecular complexity index is 886. The minimum absolute atomic E-state index is 0.0119. The molecule has 2 aromatic rings. The van der Waals surface area contributed by atoms with Gasteiger partial charge in [0.15, 0.2) is 0 Å². The van der Waals surface area contributed by atoms with Crippen LogP contribution in [0.5, 0.6) is 11.5 Å². The smallest absolute Gasteiger partial charge is 0.243 e. The molecule has 2 aliphatic heterocycles. The van der Waals surface area contributed by atoms with Gasteiger partial charge in [-0.15, -0.1) is 0 Å². The molecule has 2 fully saturated rings. The highest BCUT2D eigenvalue weighted by molar-refractivity contribution is 7.89. The van der Waals surface area contributed by atoms with E-state index in [1.165, 1.54) is 0 Å². The zero-order valence-electron chi connectivity index (χ0n) is 16.2. The van der Waals surface area contributed by atoms with E-state index in [1.54, 1.807) is 41.0 Å². The van der Waals surface area contributed by atoms with E-state index < -0.39 is 10.0 Å². The Morgan fingerprint density at radius 3 is 2.14 bits per heavy atom. The Balaban J connectivity index is 1.49. The summed E-state index contributed by atoms with van der Waals surface area (Å²) in [5.41, 5.74) is 0. The van der Waals surface area contributed by atoms with Gasteiger partial charge in [-0.25, -0.2) is 8.42 Å². The molecule has 0 radical (unpaired) electrons. The standard InChI is InChI=1S/C21H26N2O4S/c1-15(2)26-18-5-7-21(8-6-18)28(24,25)23-16-3-4-17(23)14-20(13-16)27-19-9-11-22-12-10-19/h5-12,15-17,20H,3-4,13-14H2,1-2H3. The van der Waals surface area contributed by atoms with Gasteiger partial charge in [-0.2, -0.15) is 4.31 Å². The number of rotatable bonds is 6. The molecule has 2 bridgehead atoms. The summed E-state index contributed by atoms with van der Waals surface area (Å²) in [5.74, 6) is 1.47. The van der Waals surface area contributed by atoms with Gasteiger partial charge in [0.25, 0.3) is 0 Å². The number of pyridine rings is 1. The van der Waals surface area contributed by atoms with Gasteiger partial charge in [-0.05, 0) is 63.1 Å². The fourth-order valence-corrected chi connectivity index (χ4v) is 6.16. The lowest BCUT2D eigenvalue weighted by Gasteiger charge is -2.37. The number of aromatic nitrogens is 1. The predicted molar refractivity (Wildman–Crippen MR) is 106 cm³/mol. The summed E-state index contributed by atoms with van der Waals surface area (Å²) in [7, 11) is -3.53. The van der Waals surface area contributed by atoms with Crippen LogP contribution in [0.3, 0.4) is 0 Å². The molecule has 6 nitrogen and oxygen atoms in total. The fourth-order valence-electron chi connectivity index (χ4n) is 4.27. The number of sulfonamides is 1. The van der Waals surface area contributed by atoms with Gasteiger partial charge in [0.1, 0.15) is 17.6 Å². The molecule has 150 valence electrons. The van der Waals surface area contributed by atoms with Gasteiger partial charge < -0.3 is 9.47 Å². The van der Waals surface area contributed by atoms with Crippen molar-refractivity contribution in [2.45, 2.75) is 68.7 Å². The maximum atomic E-state index is 13.3. The molecular weight excluding hydrogens is 376 g/mol. The van der Waals surface area contributed by atoms with Crippen LogP contribution >= 0.6 is 0 Å². The lowest BCUT2D eigenvalue weighted by molar-refractivity contribution is 0.0956. The minimum atomic E-state index is -3.53. The molecule has 2 saturated heterocycles. The molecule has 1 aromatic heterocycles. The van der Waals surface area contributed by atoms with Crippen molar-refractivity contribution >= 4 is 10.0 Å². The highest BCUT2D eigenvalue weighted by Gasteiger charge is 2.47. The van der Waals surface area contributed by atoms with E-state index >= 15 is 0 Å². The number of fused-ring (bicyclic) bond motifs is 2. The Hall–Kier alpha value is -2.12. The lowest BCUT2D eigenvalue weighted by Crippen LogP contribution is -2.49. The average molecular weight is 403 g/mol. The second kappa shape index (κ2) is 7.72. The second-order valence-electron chi connectivity index (χ2n) is 7.75. The topological polar surface area (TPSA) is 68.7 Å². The van der Waals surface area contributed by atoms with Crippen LogP contribution in [0.1, 0.15) is 39.5 Å². The molecule has 0 spiro atoms. The minimum Gasteiger partial charge on any atom is -0.491 e. The average Bonchev–Trinajstić information content (AvgIpc) is 2.95. The van der Waals surface area contributed by atoms with Gasteiger partial charge in [0.05, 0.1) is 11.0 Å². The predicted octanol–water partition coefficient (Wildman–Crippen LogP) is 3.63. The van der Waals surface area contributed by atoms with E-state index in [2.05, 4.69) is 4.98 Å².